The Morgan fingerprint density at radius 2 is 2.05 bits per heavy atom. The fourth-order valence-corrected chi connectivity index (χ4v) is 1.73. The molecular formula is C17H18O5. The third-order valence-electron chi connectivity index (χ3n) is 3.14. The molecule has 1 atom stereocenters. The van der Waals surface area contributed by atoms with E-state index in [0.29, 0.717) is 16.7 Å². The molecule has 1 aromatic carbocycles. The second kappa shape index (κ2) is 6.47. The maximum absolute atomic E-state index is 11.8. The first-order valence-electron chi connectivity index (χ1n) is 7.03. The lowest BCUT2D eigenvalue weighted by atomic mass is 10.2. The van der Waals surface area contributed by atoms with Crippen molar-refractivity contribution >= 4 is 16.9 Å². The molecule has 0 spiro atoms. The maximum atomic E-state index is 11.8. The zero-order chi connectivity index (χ0) is 16.3. The first-order valence-corrected chi connectivity index (χ1v) is 7.03. The third kappa shape index (κ3) is 3.55. The Morgan fingerprint density at radius 1 is 1.32 bits per heavy atom. The van der Waals surface area contributed by atoms with E-state index in [9.17, 15) is 9.59 Å². The lowest BCUT2D eigenvalue weighted by Crippen LogP contribution is -2.13. The van der Waals surface area contributed by atoms with Crippen LogP contribution < -0.4 is 15.1 Å². The molecule has 0 bridgehead atoms. The monoisotopic (exact) mass is 302 g/mol. The lowest BCUT2D eigenvalue weighted by Gasteiger charge is -2.16. The molecule has 0 saturated heterocycles. The number of ether oxygens (including phenoxy) is 2. The molecule has 0 fully saturated rings. The van der Waals surface area contributed by atoms with E-state index in [1.54, 1.807) is 19.1 Å². The summed E-state index contributed by atoms with van der Waals surface area (Å²) in [5.74, 6) is 0.0621. The molecule has 0 N–H and O–H groups in total. The number of rotatable bonds is 5. The summed E-state index contributed by atoms with van der Waals surface area (Å²) in [6.45, 7) is 9.01. The second-order valence-corrected chi connectivity index (χ2v) is 5.10. The first-order chi connectivity index (χ1) is 10.4. The van der Waals surface area contributed by atoms with Crippen molar-refractivity contribution in [3.8, 4) is 11.5 Å². The van der Waals surface area contributed by atoms with Crippen LogP contribution in [0.3, 0.4) is 0 Å². The Hall–Kier alpha value is -2.56. The average molecular weight is 302 g/mol. The van der Waals surface area contributed by atoms with Crippen molar-refractivity contribution in [3.05, 3.63) is 46.8 Å². The topological polar surface area (TPSA) is 65.7 Å². The number of benzene rings is 1. The highest BCUT2D eigenvalue weighted by Crippen LogP contribution is 2.33. The van der Waals surface area contributed by atoms with Gasteiger partial charge in [0, 0.05) is 23.1 Å². The molecule has 5 heteroatoms. The van der Waals surface area contributed by atoms with Crippen molar-refractivity contribution in [1.82, 2.24) is 0 Å². The van der Waals surface area contributed by atoms with Gasteiger partial charge in [0.05, 0.1) is 6.10 Å². The van der Waals surface area contributed by atoms with Gasteiger partial charge in [0.25, 0.3) is 0 Å². The quantitative estimate of drug-likeness (QED) is 0.366. The molecule has 0 amide bonds. The molecule has 1 aromatic heterocycles. The minimum atomic E-state index is -0.563. The lowest BCUT2D eigenvalue weighted by molar-refractivity contribution is -0.130. The number of hydrogen-bond acceptors (Lipinski definition) is 5. The van der Waals surface area contributed by atoms with E-state index in [1.165, 1.54) is 12.1 Å². The Kier molecular flexibility index (Phi) is 4.65. The van der Waals surface area contributed by atoms with Crippen LogP contribution in [0.4, 0.5) is 0 Å². The summed E-state index contributed by atoms with van der Waals surface area (Å²) in [6, 6.07) is 6.13. The predicted molar refractivity (Wildman–Crippen MR) is 83.3 cm³/mol. The molecule has 2 aromatic rings. The average Bonchev–Trinajstić information content (AvgIpc) is 2.47. The number of hydrogen-bond donors (Lipinski definition) is 0. The van der Waals surface area contributed by atoms with Crippen molar-refractivity contribution < 1.29 is 18.7 Å². The third-order valence-corrected chi connectivity index (χ3v) is 3.14. The summed E-state index contributed by atoms with van der Waals surface area (Å²) >= 11 is 0. The van der Waals surface area contributed by atoms with E-state index in [-0.39, 0.29) is 17.4 Å². The minimum Gasteiger partial charge on any atom is -0.487 e. The molecule has 5 nitrogen and oxygen atoms in total. The van der Waals surface area contributed by atoms with E-state index in [2.05, 4.69) is 6.58 Å². The zero-order valence-corrected chi connectivity index (χ0v) is 12.8. The smallest absolute Gasteiger partial charge is 0.338 e. The standard InChI is InChI=1S/C17H18O5/c1-5-11(4)20-14-8-12-6-7-16(18)21-13(12)9-15(14)22-17(19)10(2)3/h6-9,11H,2,5H2,1,3-4H3. The van der Waals surface area contributed by atoms with Crippen molar-refractivity contribution in [2.24, 2.45) is 0 Å². The number of esters is 1. The van der Waals surface area contributed by atoms with Crippen molar-refractivity contribution in [2.75, 3.05) is 0 Å². The van der Waals surface area contributed by atoms with Crippen LogP contribution in [0.2, 0.25) is 0 Å². The summed E-state index contributed by atoms with van der Waals surface area (Å²) < 4.78 is 16.2. The van der Waals surface area contributed by atoms with Crippen molar-refractivity contribution in [2.45, 2.75) is 33.3 Å². The molecule has 2 rings (SSSR count). The van der Waals surface area contributed by atoms with E-state index in [0.717, 1.165) is 6.42 Å². The first kappa shape index (κ1) is 15.8. The van der Waals surface area contributed by atoms with E-state index >= 15 is 0 Å². The Morgan fingerprint density at radius 3 is 2.68 bits per heavy atom. The number of carbonyl (C=O) groups is 1. The largest absolute Gasteiger partial charge is 0.487 e. The van der Waals surface area contributed by atoms with Crippen molar-refractivity contribution in [3.63, 3.8) is 0 Å². The second-order valence-electron chi connectivity index (χ2n) is 5.10. The Bertz CT molecular complexity index is 772. The molecule has 22 heavy (non-hydrogen) atoms. The summed E-state index contributed by atoms with van der Waals surface area (Å²) in [5.41, 5.74) is 0.123. The SMILES string of the molecule is C=C(C)C(=O)Oc1cc2oc(=O)ccc2cc1OC(C)CC. The van der Waals surface area contributed by atoms with Crippen LogP contribution >= 0.6 is 0 Å². The van der Waals surface area contributed by atoms with Gasteiger partial charge in [-0.15, -0.1) is 0 Å². The molecule has 116 valence electrons. The fraction of sp³-hybridized carbons (Fsp3) is 0.294. The predicted octanol–water partition coefficient (Wildman–Crippen LogP) is 3.45. The van der Waals surface area contributed by atoms with Crippen LogP contribution in [-0.2, 0) is 4.79 Å². The van der Waals surface area contributed by atoms with Gasteiger partial charge >= 0.3 is 11.6 Å². The number of carbonyl (C=O) groups excluding carboxylic acids is 1. The van der Waals surface area contributed by atoms with Crippen LogP contribution in [0.5, 0.6) is 11.5 Å². The summed E-state index contributed by atoms with van der Waals surface area (Å²) in [4.78, 5) is 23.1. The van der Waals surface area contributed by atoms with Gasteiger partial charge in [0.1, 0.15) is 5.58 Å². The van der Waals surface area contributed by atoms with Gasteiger partial charge in [-0.3, -0.25) is 0 Å². The van der Waals surface area contributed by atoms with E-state index in [4.69, 9.17) is 13.9 Å². The van der Waals surface area contributed by atoms with E-state index in [1.807, 2.05) is 13.8 Å². The minimum absolute atomic E-state index is 0.0459. The van der Waals surface area contributed by atoms with Gasteiger partial charge in [-0.2, -0.15) is 0 Å². The Labute approximate surface area is 128 Å². The molecule has 0 aliphatic heterocycles. The van der Waals surface area contributed by atoms with Gasteiger partial charge in [-0.05, 0) is 32.4 Å². The van der Waals surface area contributed by atoms with Crippen LogP contribution in [0.15, 0.2) is 45.6 Å². The molecule has 0 radical (unpaired) electrons. The van der Waals surface area contributed by atoms with Crippen LogP contribution in [-0.4, -0.2) is 12.1 Å². The van der Waals surface area contributed by atoms with Gasteiger partial charge in [-0.1, -0.05) is 13.5 Å². The molecule has 0 saturated carbocycles. The van der Waals surface area contributed by atoms with Crippen LogP contribution in [0, 0.1) is 0 Å². The fourth-order valence-electron chi connectivity index (χ4n) is 1.73. The molecule has 0 aliphatic carbocycles. The zero-order valence-electron chi connectivity index (χ0n) is 12.8. The Balaban J connectivity index is 2.52. The summed E-state index contributed by atoms with van der Waals surface area (Å²) in [6.07, 6.45) is 0.755. The highest BCUT2D eigenvalue weighted by atomic mass is 16.6. The van der Waals surface area contributed by atoms with Crippen LogP contribution in [0.1, 0.15) is 27.2 Å². The van der Waals surface area contributed by atoms with Crippen LogP contribution in [0.25, 0.3) is 11.0 Å². The highest BCUT2D eigenvalue weighted by Gasteiger charge is 2.15. The molecule has 1 unspecified atom stereocenters. The van der Waals surface area contributed by atoms with Gasteiger partial charge in [0.2, 0.25) is 0 Å². The molecular weight excluding hydrogens is 284 g/mol. The summed E-state index contributed by atoms with van der Waals surface area (Å²) in [5, 5.41) is 0.688. The molecule has 0 aliphatic rings. The van der Waals surface area contributed by atoms with Gasteiger partial charge < -0.3 is 13.9 Å². The van der Waals surface area contributed by atoms with E-state index < -0.39 is 11.6 Å². The normalized spacial score (nSPS) is 12.0. The molecule has 1 heterocycles. The summed E-state index contributed by atoms with van der Waals surface area (Å²) in [7, 11) is 0. The van der Waals surface area contributed by atoms with Crippen molar-refractivity contribution in [1.29, 1.82) is 0 Å². The highest BCUT2D eigenvalue weighted by molar-refractivity contribution is 5.90. The van der Waals surface area contributed by atoms with Gasteiger partial charge in [-0.25, -0.2) is 9.59 Å². The van der Waals surface area contributed by atoms with Gasteiger partial charge in [0.15, 0.2) is 11.5 Å². The number of fused-ring (bicyclic) bond motifs is 1. The maximum Gasteiger partial charge on any atom is 0.338 e.